The summed E-state index contributed by atoms with van der Waals surface area (Å²) < 4.78 is 18.8. The minimum absolute atomic E-state index is 0.0575. The molecule has 0 bridgehead atoms. The van der Waals surface area contributed by atoms with Crippen LogP contribution in [0.4, 0.5) is 4.39 Å². The Labute approximate surface area is 161 Å². The third kappa shape index (κ3) is 3.97. The molecule has 29 heavy (non-hydrogen) atoms. The molecule has 2 aromatic rings. The third-order valence-corrected chi connectivity index (χ3v) is 4.45. The fraction of sp³-hybridized carbons (Fsp3) is 0.353. The van der Waals surface area contributed by atoms with E-state index in [1.165, 1.54) is 12.1 Å². The Hall–Kier alpha value is -2.90. The van der Waals surface area contributed by atoms with Gasteiger partial charge in [0.25, 0.3) is 5.56 Å². The predicted molar refractivity (Wildman–Crippen MR) is 95.6 cm³/mol. The number of aromatic nitrogens is 2. The van der Waals surface area contributed by atoms with Gasteiger partial charge in [-0.2, -0.15) is 0 Å². The van der Waals surface area contributed by atoms with Crippen molar-refractivity contribution in [1.29, 1.82) is 0 Å². The number of halogens is 1. The summed E-state index contributed by atoms with van der Waals surface area (Å²) >= 11 is 0. The van der Waals surface area contributed by atoms with E-state index >= 15 is 0 Å². The molecule has 3 rings (SSSR count). The average molecular weight is 411 g/mol. The fourth-order valence-corrected chi connectivity index (χ4v) is 2.89. The third-order valence-electron chi connectivity index (χ3n) is 4.45. The molecule has 1 aliphatic rings. The minimum Gasteiger partial charge on any atom is -0.493 e. The molecule has 5 atom stereocenters. The van der Waals surface area contributed by atoms with Crippen LogP contribution in [0.1, 0.15) is 5.56 Å². The zero-order valence-electron chi connectivity index (χ0n) is 14.7. The maximum Gasteiger partial charge on any atom is 0.335 e. The molecule has 1 aromatic heterocycles. The quantitative estimate of drug-likeness (QED) is 0.301. The van der Waals surface area contributed by atoms with E-state index in [1.54, 1.807) is 0 Å². The van der Waals surface area contributed by atoms with Gasteiger partial charge in [-0.25, -0.2) is 13.8 Å². The molecular weight excluding hydrogens is 393 g/mol. The highest BCUT2D eigenvalue weighted by molar-refractivity contribution is 5.82. The Kier molecular flexibility index (Phi) is 5.91. The van der Waals surface area contributed by atoms with Gasteiger partial charge in [0.05, 0.1) is 12.3 Å². The number of benzene rings is 1. The summed E-state index contributed by atoms with van der Waals surface area (Å²) in [6.45, 7) is -0.658. The second kappa shape index (κ2) is 8.23. The second-order valence-corrected chi connectivity index (χ2v) is 6.31. The Morgan fingerprint density at radius 1 is 1.17 bits per heavy atom. The molecule has 1 saturated heterocycles. The molecule has 11 nitrogen and oxygen atoms in total. The highest BCUT2D eigenvalue weighted by Gasteiger charge is 2.43. The first kappa shape index (κ1) is 20.8. The zero-order chi connectivity index (χ0) is 21.3. The van der Waals surface area contributed by atoms with E-state index in [9.17, 15) is 34.4 Å². The Balaban J connectivity index is 1.99. The van der Waals surface area contributed by atoms with Gasteiger partial charge in [-0.05, 0) is 24.3 Å². The molecular formula is C17H18FN3O8. The monoisotopic (exact) mass is 411 g/mol. The average Bonchev–Trinajstić information content (AvgIpc) is 2.68. The number of hydrogen-bond donors (Lipinski definition) is 6. The van der Waals surface area contributed by atoms with Crippen LogP contribution in [-0.2, 0) is 4.74 Å². The molecule has 156 valence electrons. The Bertz CT molecular complexity index is 1020. The molecule has 12 heteroatoms. The second-order valence-electron chi connectivity index (χ2n) is 6.31. The van der Waals surface area contributed by atoms with Gasteiger partial charge in [0.15, 0.2) is 6.29 Å². The number of aromatic amines is 1. The van der Waals surface area contributed by atoms with Crippen LogP contribution in [0.5, 0.6) is 5.88 Å². The lowest BCUT2D eigenvalue weighted by Crippen LogP contribution is -2.57. The Morgan fingerprint density at radius 3 is 2.45 bits per heavy atom. The molecule has 1 aliphatic heterocycles. The summed E-state index contributed by atoms with van der Waals surface area (Å²) in [6.07, 6.45) is -5.36. The van der Waals surface area contributed by atoms with Gasteiger partial charge >= 0.3 is 5.69 Å². The lowest BCUT2D eigenvalue weighted by molar-refractivity contribution is -0.248. The zero-order valence-corrected chi connectivity index (χ0v) is 14.7. The smallest absolute Gasteiger partial charge is 0.335 e. The van der Waals surface area contributed by atoms with Crippen molar-refractivity contribution < 1.29 is 34.7 Å². The lowest BCUT2D eigenvalue weighted by Gasteiger charge is -2.38. The normalized spacial score (nSPS) is 27.4. The van der Waals surface area contributed by atoms with Crippen LogP contribution in [0.3, 0.4) is 0 Å². The highest BCUT2D eigenvalue weighted by atomic mass is 19.1. The van der Waals surface area contributed by atoms with E-state index in [-0.39, 0.29) is 5.69 Å². The number of aliphatic hydroxyl groups excluding tert-OH is 4. The van der Waals surface area contributed by atoms with Gasteiger partial charge in [0.2, 0.25) is 5.88 Å². The lowest BCUT2D eigenvalue weighted by atomic mass is 9.97. The fourth-order valence-electron chi connectivity index (χ4n) is 2.89. The van der Waals surface area contributed by atoms with E-state index < -0.39 is 65.8 Å². The first-order valence-electron chi connectivity index (χ1n) is 8.42. The molecule has 2 heterocycles. The van der Waals surface area contributed by atoms with Crippen molar-refractivity contribution in [3.05, 3.63) is 56.5 Å². The van der Waals surface area contributed by atoms with Gasteiger partial charge < -0.3 is 30.3 Å². The van der Waals surface area contributed by atoms with Crippen molar-refractivity contribution in [3.8, 4) is 11.6 Å². The highest BCUT2D eigenvalue weighted by Crippen LogP contribution is 2.22. The largest absolute Gasteiger partial charge is 0.493 e. The maximum absolute atomic E-state index is 13.1. The standard InChI is InChI=1S/C17H18FN3O8/c18-7-1-3-8(4-2-7)21-15(26)9(14(25)20-17(21)28)5-19-11-13(24)12(23)10(6-22)29-16(11)27/h1-5,10-13,16,22-24,26-27H,6H2,(H,20,25,28). The van der Waals surface area contributed by atoms with Crippen LogP contribution in [0.15, 0.2) is 38.8 Å². The molecule has 0 aliphatic carbocycles. The van der Waals surface area contributed by atoms with Crippen LogP contribution in [0.25, 0.3) is 5.69 Å². The first-order chi connectivity index (χ1) is 13.7. The van der Waals surface area contributed by atoms with E-state index in [0.717, 1.165) is 18.3 Å². The summed E-state index contributed by atoms with van der Waals surface area (Å²) in [5.74, 6) is -1.39. The van der Waals surface area contributed by atoms with Crippen molar-refractivity contribution in [2.45, 2.75) is 30.6 Å². The number of H-pyrrole nitrogens is 1. The SMILES string of the molecule is O=c1[nH]c(=O)n(-c2ccc(F)cc2)c(O)c1C=NC1C(O)OC(CO)C(O)C1O. The summed E-state index contributed by atoms with van der Waals surface area (Å²) in [5, 5.41) is 49.3. The number of ether oxygens (including phenoxy) is 1. The van der Waals surface area contributed by atoms with Crippen LogP contribution in [-0.4, -0.2) is 78.5 Å². The summed E-state index contributed by atoms with van der Waals surface area (Å²) in [7, 11) is 0. The summed E-state index contributed by atoms with van der Waals surface area (Å²) in [4.78, 5) is 29.9. The number of hydrogen-bond acceptors (Lipinski definition) is 9. The molecule has 0 spiro atoms. The maximum atomic E-state index is 13.1. The minimum atomic E-state index is -1.72. The van der Waals surface area contributed by atoms with Crippen LogP contribution < -0.4 is 11.2 Å². The number of rotatable bonds is 4. The van der Waals surface area contributed by atoms with Gasteiger partial charge in [-0.1, -0.05) is 0 Å². The van der Waals surface area contributed by atoms with Crippen molar-refractivity contribution in [2.24, 2.45) is 4.99 Å². The van der Waals surface area contributed by atoms with Crippen molar-refractivity contribution in [2.75, 3.05) is 6.61 Å². The van der Waals surface area contributed by atoms with Crippen LogP contribution in [0.2, 0.25) is 0 Å². The van der Waals surface area contributed by atoms with Crippen molar-refractivity contribution in [3.63, 3.8) is 0 Å². The molecule has 1 fully saturated rings. The number of aliphatic hydroxyl groups is 4. The summed E-state index contributed by atoms with van der Waals surface area (Å²) in [5.41, 5.74) is -2.43. The number of nitrogens with zero attached hydrogens (tertiary/aromatic N) is 2. The molecule has 0 radical (unpaired) electrons. The van der Waals surface area contributed by atoms with Gasteiger partial charge in [0.1, 0.15) is 35.7 Å². The van der Waals surface area contributed by atoms with Crippen LogP contribution in [0, 0.1) is 5.82 Å². The molecule has 0 amide bonds. The van der Waals surface area contributed by atoms with E-state index in [0.29, 0.717) is 4.57 Å². The van der Waals surface area contributed by atoms with Crippen molar-refractivity contribution in [1.82, 2.24) is 9.55 Å². The predicted octanol–water partition coefficient (Wildman–Crippen LogP) is -2.41. The molecule has 6 N–H and O–H groups in total. The summed E-state index contributed by atoms with van der Waals surface area (Å²) in [6, 6.07) is 3.04. The van der Waals surface area contributed by atoms with E-state index in [2.05, 4.69) is 4.99 Å². The number of aliphatic imine (C=N–C) groups is 1. The van der Waals surface area contributed by atoms with Gasteiger partial charge in [-0.3, -0.25) is 14.8 Å². The van der Waals surface area contributed by atoms with Crippen LogP contribution >= 0.6 is 0 Å². The molecule has 0 saturated carbocycles. The van der Waals surface area contributed by atoms with Gasteiger partial charge in [0, 0.05) is 6.21 Å². The number of aromatic hydroxyl groups is 1. The number of nitrogens with one attached hydrogen (secondary N) is 1. The van der Waals surface area contributed by atoms with E-state index in [1.807, 2.05) is 4.98 Å². The molecule has 1 aromatic carbocycles. The van der Waals surface area contributed by atoms with E-state index in [4.69, 9.17) is 9.84 Å². The Morgan fingerprint density at radius 2 is 1.83 bits per heavy atom. The first-order valence-corrected chi connectivity index (χ1v) is 8.42. The topological polar surface area (TPSA) is 178 Å². The van der Waals surface area contributed by atoms with Gasteiger partial charge in [-0.15, -0.1) is 0 Å². The van der Waals surface area contributed by atoms with Crippen molar-refractivity contribution >= 4 is 6.21 Å². The molecule has 5 unspecified atom stereocenters.